The number of nitrogens with zero attached hydrogens (tertiary/aromatic N) is 3. The lowest BCUT2D eigenvalue weighted by Gasteiger charge is -2.31. The predicted molar refractivity (Wildman–Crippen MR) is 105 cm³/mol. The lowest BCUT2D eigenvalue weighted by molar-refractivity contribution is 0.130. The molecule has 2 aromatic carbocycles. The summed E-state index contributed by atoms with van der Waals surface area (Å²) in [6.45, 7) is 0.800. The van der Waals surface area contributed by atoms with Crippen LogP contribution in [0.3, 0.4) is 0 Å². The van der Waals surface area contributed by atoms with Gasteiger partial charge in [-0.15, -0.1) is 5.10 Å². The molecule has 146 valence electrons. The molecule has 0 amide bonds. The van der Waals surface area contributed by atoms with E-state index in [0.29, 0.717) is 37.6 Å². The smallest absolute Gasteiger partial charge is 0.243 e. The highest BCUT2D eigenvalue weighted by Gasteiger charge is 2.30. The van der Waals surface area contributed by atoms with E-state index in [1.807, 2.05) is 24.3 Å². The number of rotatable bonds is 5. The Labute approximate surface area is 164 Å². The van der Waals surface area contributed by atoms with Crippen LogP contribution in [0.5, 0.6) is 11.6 Å². The van der Waals surface area contributed by atoms with Gasteiger partial charge in [-0.05, 0) is 43.2 Å². The molecule has 0 aliphatic carbocycles. The Morgan fingerprint density at radius 1 is 1.04 bits per heavy atom. The lowest BCUT2D eigenvalue weighted by Crippen LogP contribution is -2.41. The van der Waals surface area contributed by atoms with E-state index in [1.165, 1.54) is 4.31 Å². The molecule has 1 aromatic heterocycles. The zero-order valence-electron chi connectivity index (χ0n) is 15.5. The van der Waals surface area contributed by atoms with Crippen LogP contribution in [0.2, 0.25) is 0 Å². The first kappa shape index (κ1) is 18.6. The zero-order chi connectivity index (χ0) is 19.6. The van der Waals surface area contributed by atoms with Gasteiger partial charge < -0.3 is 9.47 Å². The summed E-state index contributed by atoms with van der Waals surface area (Å²) in [5.41, 5.74) is 0. The van der Waals surface area contributed by atoms with Gasteiger partial charge in [0.25, 0.3) is 0 Å². The van der Waals surface area contributed by atoms with Crippen LogP contribution in [-0.2, 0) is 10.0 Å². The summed E-state index contributed by atoms with van der Waals surface area (Å²) in [4.78, 5) is 0.271. The second kappa shape index (κ2) is 7.73. The van der Waals surface area contributed by atoms with Crippen molar-refractivity contribution in [1.82, 2.24) is 14.5 Å². The molecule has 8 heteroatoms. The van der Waals surface area contributed by atoms with Gasteiger partial charge in [0.15, 0.2) is 0 Å². The minimum Gasteiger partial charge on any atom is -0.497 e. The van der Waals surface area contributed by atoms with Gasteiger partial charge in [-0.1, -0.05) is 18.2 Å². The van der Waals surface area contributed by atoms with Crippen LogP contribution in [0.1, 0.15) is 12.8 Å². The van der Waals surface area contributed by atoms with E-state index in [1.54, 1.807) is 37.6 Å². The molecule has 7 nitrogen and oxygen atoms in total. The van der Waals surface area contributed by atoms with Crippen LogP contribution < -0.4 is 9.47 Å². The van der Waals surface area contributed by atoms with Gasteiger partial charge in [0, 0.05) is 23.9 Å². The fourth-order valence-electron chi connectivity index (χ4n) is 3.33. The summed E-state index contributed by atoms with van der Waals surface area (Å²) in [6.07, 6.45) is 2.80. The fourth-order valence-corrected chi connectivity index (χ4v) is 4.80. The average molecular weight is 399 g/mol. The SMILES string of the molecule is COc1ccc(S(=O)(=O)N2CCC(Oc3nncc4ccccc34)CC2)cc1. The van der Waals surface area contributed by atoms with Crippen LogP contribution in [0, 0.1) is 0 Å². The molecule has 0 atom stereocenters. The molecule has 1 fully saturated rings. The molecular formula is C20H21N3O4S. The van der Waals surface area contributed by atoms with Crippen molar-refractivity contribution in [3.05, 3.63) is 54.7 Å². The molecule has 28 heavy (non-hydrogen) atoms. The molecule has 2 heterocycles. The molecular weight excluding hydrogens is 378 g/mol. The highest BCUT2D eigenvalue weighted by molar-refractivity contribution is 7.89. The number of fused-ring (bicyclic) bond motifs is 1. The second-order valence-corrected chi connectivity index (χ2v) is 8.57. The van der Waals surface area contributed by atoms with Crippen molar-refractivity contribution in [2.24, 2.45) is 0 Å². The maximum Gasteiger partial charge on any atom is 0.243 e. The molecule has 3 aromatic rings. The third-order valence-corrected chi connectivity index (χ3v) is 6.83. The van der Waals surface area contributed by atoms with E-state index in [0.717, 1.165) is 10.8 Å². The average Bonchev–Trinajstić information content (AvgIpc) is 2.74. The van der Waals surface area contributed by atoms with Gasteiger partial charge in [-0.2, -0.15) is 9.40 Å². The quantitative estimate of drug-likeness (QED) is 0.656. The Morgan fingerprint density at radius 3 is 2.46 bits per heavy atom. The van der Waals surface area contributed by atoms with Crippen LogP contribution in [-0.4, -0.2) is 49.2 Å². The van der Waals surface area contributed by atoms with Crippen molar-refractivity contribution in [3.8, 4) is 11.6 Å². The first-order valence-electron chi connectivity index (χ1n) is 9.09. The number of hydrogen-bond donors (Lipinski definition) is 0. The molecule has 0 saturated carbocycles. The largest absolute Gasteiger partial charge is 0.497 e. The standard InChI is InChI=1S/C20H21N3O4S/c1-26-16-6-8-18(9-7-16)28(24,25)23-12-10-17(11-13-23)27-20-19-5-3-2-4-15(19)14-21-22-20/h2-9,14,17H,10-13H2,1H3. The van der Waals surface area contributed by atoms with Crippen LogP contribution >= 0.6 is 0 Å². The minimum atomic E-state index is -3.52. The monoisotopic (exact) mass is 399 g/mol. The first-order chi connectivity index (χ1) is 13.6. The molecule has 0 radical (unpaired) electrons. The van der Waals surface area contributed by atoms with Gasteiger partial charge in [0.2, 0.25) is 15.9 Å². The number of hydrogen-bond acceptors (Lipinski definition) is 6. The number of benzene rings is 2. The highest BCUT2D eigenvalue weighted by Crippen LogP contribution is 2.27. The molecule has 0 unspecified atom stereocenters. The van der Waals surface area contributed by atoms with Crippen molar-refractivity contribution < 1.29 is 17.9 Å². The summed E-state index contributed by atoms with van der Waals surface area (Å²) in [7, 11) is -1.97. The number of aromatic nitrogens is 2. The normalized spacial score (nSPS) is 16.2. The van der Waals surface area contributed by atoms with Crippen molar-refractivity contribution in [3.63, 3.8) is 0 Å². The van der Waals surface area contributed by atoms with E-state index < -0.39 is 10.0 Å². The van der Waals surface area contributed by atoms with Gasteiger partial charge >= 0.3 is 0 Å². The van der Waals surface area contributed by atoms with E-state index >= 15 is 0 Å². The Balaban J connectivity index is 1.44. The molecule has 0 spiro atoms. The number of piperidine rings is 1. The van der Waals surface area contributed by atoms with E-state index in [9.17, 15) is 8.42 Å². The van der Waals surface area contributed by atoms with Crippen molar-refractivity contribution in [2.75, 3.05) is 20.2 Å². The summed E-state index contributed by atoms with van der Waals surface area (Å²) in [5.74, 6) is 1.12. The first-order valence-corrected chi connectivity index (χ1v) is 10.5. The van der Waals surface area contributed by atoms with Crippen molar-refractivity contribution in [2.45, 2.75) is 23.8 Å². The Hall–Kier alpha value is -2.71. The number of ether oxygens (including phenoxy) is 2. The van der Waals surface area contributed by atoms with E-state index in [2.05, 4.69) is 10.2 Å². The molecule has 0 bridgehead atoms. The Kier molecular flexibility index (Phi) is 5.15. The van der Waals surface area contributed by atoms with Crippen LogP contribution in [0.25, 0.3) is 10.8 Å². The van der Waals surface area contributed by atoms with Gasteiger partial charge in [-0.25, -0.2) is 8.42 Å². The third kappa shape index (κ3) is 3.65. The third-order valence-electron chi connectivity index (χ3n) is 4.91. The van der Waals surface area contributed by atoms with Gasteiger partial charge in [-0.3, -0.25) is 0 Å². The fraction of sp³-hybridized carbons (Fsp3) is 0.300. The molecule has 4 rings (SSSR count). The summed E-state index contributed by atoms with van der Waals surface area (Å²) in [6, 6.07) is 14.2. The summed E-state index contributed by atoms with van der Waals surface area (Å²) in [5, 5.41) is 9.98. The second-order valence-electron chi connectivity index (χ2n) is 6.63. The summed E-state index contributed by atoms with van der Waals surface area (Å²) < 4.78 is 38.3. The maximum absolute atomic E-state index is 12.8. The minimum absolute atomic E-state index is 0.0950. The molecule has 0 N–H and O–H groups in total. The van der Waals surface area contributed by atoms with Gasteiger partial charge in [0.05, 0.1) is 18.2 Å². The Bertz CT molecular complexity index is 1060. The lowest BCUT2D eigenvalue weighted by atomic mass is 10.1. The van der Waals surface area contributed by atoms with Crippen LogP contribution in [0.15, 0.2) is 59.6 Å². The van der Waals surface area contributed by atoms with E-state index in [-0.39, 0.29) is 11.0 Å². The van der Waals surface area contributed by atoms with Crippen LogP contribution in [0.4, 0.5) is 0 Å². The Morgan fingerprint density at radius 2 is 1.75 bits per heavy atom. The topological polar surface area (TPSA) is 81.6 Å². The molecule has 1 saturated heterocycles. The maximum atomic E-state index is 12.8. The molecule has 1 aliphatic heterocycles. The highest BCUT2D eigenvalue weighted by atomic mass is 32.2. The number of sulfonamides is 1. The molecule has 1 aliphatic rings. The predicted octanol–water partition coefficient (Wildman–Crippen LogP) is 2.87. The number of methoxy groups -OCH3 is 1. The zero-order valence-corrected chi connectivity index (χ0v) is 16.3. The van der Waals surface area contributed by atoms with Crippen molar-refractivity contribution in [1.29, 1.82) is 0 Å². The summed E-state index contributed by atoms with van der Waals surface area (Å²) >= 11 is 0. The van der Waals surface area contributed by atoms with E-state index in [4.69, 9.17) is 9.47 Å². The van der Waals surface area contributed by atoms with Crippen molar-refractivity contribution >= 4 is 20.8 Å². The van der Waals surface area contributed by atoms with Gasteiger partial charge in [0.1, 0.15) is 11.9 Å².